The largest absolute Gasteiger partial charge is 0.354 e. The quantitative estimate of drug-likeness (QED) is 0.571. The first-order valence-electron chi connectivity index (χ1n) is 8.73. The van der Waals surface area contributed by atoms with Gasteiger partial charge in [0.05, 0.1) is 5.52 Å². The number of aromatic nitrogens is 2. The van der Waals surface area contributed by atoms with E-state index in [9.17, 15) is 4.79 Å². The van der Waals surface area contributed by atoms with Crippen molar-refractivity contribution < 1.29 is 4.79 Å². The number of nitrogens with one attached hydrogen (secondary N) is 1. The van der Waals surface area contributed by atoms with Gasteiger partial charge in [-0.3, -0.25) is 4.79 Å². The number of carbonyl (C=O) groups excluding carboxylic acids is 1. The van der Waals surface area contributed by atoms with E-state index in [0.29, 0.717) is 0 Å². The zero-order valence-electron chi connectivity index (χ0n) is 14.6. The fourth-order valence-electron chi connectivity index (χ4n) is 3.47. The van der Waals surface area contributed by atoms with Crippen molar-refractivity contribution in [3.05, 3.63) is 48.0 Å². The van der Waals surface area contributed by atoms with E-state index in [1.54, 1.807) is 0 Å². The highest BCUT2D eigenvalue weighted by atomic mass is 31.0. The van der Waals surface area contributed by atoms with Crippen molar-refractivity contribution in [1.29, 1.82) is 0 Å². The van der Waals surface area contributed by atoms with Crippen LogP contribution in [0.25, 0.3) is 22.3 Å². The number of fused-ring (bicyclic) bond motifs is 1. The average molecular weight is 364 g/mol. The third-order valence-electron chi connectivity index (χ3n) is 4.83. The van der Waals surface area contributed by atoms with E-state index in [1.807, 2.05) is 24.3 Å². The van der Waals surface area contributed by atoms with Crippen molar-refractivity contribution in [2.45, 2.75) is 19.4 Å². The Morgan fingerprint density at radius 3 is 2.88 bits per heavy atom. The molecule has 1 amide bonds. The molecule has 1 saturated heterocycles. The van der Waals surface area contributed by atoms with E-state index in [2.05, 4.69) is 44.6 Å². The highest BCUT2D eigenvalue weighted by Crippen LogP contribution is 2.30. The van der Waals surface area contributed by atoms with Gasteiger partial charge in [-0.1, -0.05) is 30.3 Å². The Morgan fingerprint density at radius 2 is 2.08 bits per heavy atom. The van der Waals surface area contributed by atoms with Crippen molar-refractivity contribution in [2.24, 2.45) is 0 Å². The Labute approximate surface area is 155 Å². The first-order valence-corrected chi connectivity index (χ1v) is 9.31. The lowest BCUT2D eigenvalue weighted by molar-refractivity contribution is -0.110. The van der Waals surface area contributed by atoms with E-state index in [1.165, 1.54) is 5.56 Å². The molecule has 0 bridgehead atoms. The first-order chi connectivity index (χ1) is 12.7. The normalized spacial score (nSPS) is 16.8. The van der Waals surface area contributed by atoms with Gasteiger partial charge in [-0.05, 0) is 36.3 Å². The van der Waals surface area contributed by atoms with Crippen molar-refractivity contribution in [3.8, 4) is 11.4 Å². The van der Waals surface area contributed by atoms with Crippen LogP contribution in [0.3, 0.4) is 0 Å². The van der Waals surface area contributed by atoms with Crippen molar-refractivity contribution >= 4 is 37.7 Å². The summed E-state index contributed by atoms with van der Waals surface area (Å²) in [5.41, 5.74) is 3.14. The molecule has 1 unspecified atom stereocenters. The summed E-state index contributed by atoms with van der Waals surface area (Å²) >= 11 is 0. The summed E-state index contributed by atoms with van der Waals surface area (Å²) in [4.78, 5) is 22.8. The van der Waals surface area contributed by atoms with E-state index >= 15 is 0 Å². The van der Waals surface area contributed by atoms with Gasteiger partial charge >= 0.3 is 0 Å². The van der Waals surface area contributed by atoms with Crippen LogP contribution in [0.2, 0.25) is 0 Å². The molecule has 0 spiro atoms. The van der Waals surface area contributed by atoms with Gasteiger partial charge in [-0.25, -0.2) is 9.97 Å². The molecular formula is C20H21N4OP. The molecule has 0 radical (unpaired) electrons. The molecule has 26 heavy (non-hydrogen) atoms. The molecule has 1 aromatic heterocycles. The molecular weight excluding hydrogens is 343 g/mol. The summed E-state index contributed by atoms with van der Waals surface area (Å²) in [5, 5.41) is 5.01. The van der Waals surface area contributed by atoms with Crippen LogP contribution in [0.5, 0.6) is 0 Å². The molecule has 1 aliphatic heterocycles. The Bertz CT molecular complexity index is 975. The number of nitrogens with zero attached hydrogens (tertiary/aromatic N) is 3. The fraction of sp³-hybridized carbons (Fsp3) is 0.250. The number of hydrogen-bond donors (Lipinski definition) is 1. The Kier molecular flexibility index (Phi) is 4.56. The zero-order chi connectivity index (χ0) is 18.1. The number of anilines is 1. The average Bonchev–Trinajstić information content (AvgIpc) is 3.10. The summed E-state index contributed by atoms with van der Waals surface area (Å²) in [5.74, 6) is 1.67. The number of hydrogen-bond acceptors (Lipinski definition) is 4. The number of carbonyl (C=O) groups is 1. The highest BCUT2D eigenvalue weighted by molar-refractivity contribution is 7.27. The molecule has 1 N–H and O–H groups in total. The van der Waals surface area contributed by atoms with Crippen LogP contribution in [-0.4, -0.2) is 35.5 Å². The van der Waals surface area contributed by atoms with E-state index < -0.39 is 0 Å². The number of aryl methyl sites for hydroxylation is 1. The summed E-state index contributed by atoms with van der Waals surface area (Å²) in [6.45, 7) is 3.71. The molecule has 1 fully saturated rings. The second kappa shape index (κ2) is 7.00. The fourth-order valence-corrected chi connectivity index (χ4v) is 3.81. The first kappa shape index (κ1) is 16.9. The monoisotopic (exact) mass is 364 g/mol. The SMILES string of the molecule is Cc1ccc2c(N3CC[C@@H](NC=O)C3)nc(-c3ccccc3P)nc2c1. The number of benzene rings is 2. The van der Waals surface area contributed by atoms with E-state index in [-0.39, 0.29) is 6.04 Å². The third kappa shape index (κ3) is 3.15. The molecule has 2 heterocycles. The number of amides is 1. The maximum atomic E-state index is 10.8. The highest BCUT2D eigenvalue weighted by Gasteiger charge is 2.25. The molecule has 1 aliphatic rings. The lowest BCUT2D eigenvalue weighted by Gasteiger charge is -2.20. The minimum atomic E-state index is 0.167. The van der Waals surface area contributed by atoms with Crippen LogP contribution < -0.4 is 15.5 Å². The van der Waals surface area contributed by atoms with Gasteiger partial charge in [0.1, 0.15) is 5.82 Å². The second-order valence-electron chi connectivity index (χ2n) is 6.69. The maximum absolute atomic E-state index is 10.8. The summed E-state index contributed by atoms with van der Waals surface area (Å²) in [6.07, 6.45) is 1.71. The lowest BCUT2D eigenvalue weighted by Crippen LogP contribution is -2.31. The third-order valence-corrected chi connectivity index (χ3v) is 5.33. The van der Waals surface area contributed by atoms with Gasteiger partial charge in [-0.2, -0.15) is 0 Å². The van der Waals surface area contributed by atoms with Gasteiger partial charge in [0, 0.05) is 30.1 Å². The topological polar surface area (TPSA) is 58.1 Å². The van der Waals surface area contributed by atoms with Gasteiger partial charge in [-0.15, -0.1) is 9.24 Å². The molecule has 0 saturated carbocycles. The smallest absolute Gasteiger partial charge is 0.207 e. The van der Waals surface area contributed by atoms with Gasteiger partial charge in [0.2, 0.25) is 6.41 Å². The molecule has 5 nitrogen and oxygen atoms in total. The molecule has 4 rings (SSSR count). The standard InChI is InChI=1S/C20H21N4OP/c1-13-6-7-15-17(10-13)22-19(16-4-2-3-5-18(16)26)23-20(15)24-9-8-14(11-24)21-12-25/h2-7,10,12,14H,8-9,11,26H2,1H3,(H,21,25)/t14-/m1/s1. The van der Waals surface area contributed by atoms with Crippen LogP contribution in [0, 0.1) is 6.92 Å². The van der Waals surface area contributed by atoms with Gasteiger partial charge in [0.15, 0.2) is 5.82 Å². The van der Waals surface area contributed by atoms with Crippen molar-refractivity contribution in [1.82, 2.24) is 15.3 Å². The summed E-state index contributed by atoms with van der Waals surface area (Å²) in [6, 6.07) is 14.6. The Morgan fingerprint density at radius 1 is 1.23 bits per heavy atom. The molecule has 2 atom stereocenters. The van der Waals surface area contributed by atoms with Crippen molar-refractivity contribution in [2.75, 3.05) is 18.0 Å². The van der Waals surface area contributed by atoms with Crippen LogP contribution >= 0.6 is 9.24 Å². The summed E-state index contributed by atoms with van der Waals surface area (Å²) < 4.78 is 0. The van der Waals surface area contributed by atoms with Crippen molar-refractivity contribution in [3.63, 3.8) is 0 Å². The molecule has 6 heteroatoms. The van der Waals surface area contributed by atoms with Crippen LogP contribution in [-0.2, 0) is 4.79 Å². The van der Waals surface area contributed by atoms with E-state index in [4.69, 9.17) is 9.97 Å². The predicted octanol–water partition coefficient (Wildman–Crippen LogP) is 2.43. The molecule has 0 aliphatic carbocycles. The molecule has 3 aromatic rings. The van der Waals surface area contributed by atoms with Crippen LogP contribution in [0.1, 0.15) is 12.0 Å². The lowest BCUT2D eigenvalue weighted by atomic mass is 10.1. The molecule has 2 aromatic carbocycles. The Balaban J connectivity index is 1.85. The van der Waals surface area contributed by atoms with Crippen LogP contribution in [0.15, 0.2) is 42.5 Å². The van der Waals surface area contributed by atoms with Gasteiger partial charge in [0.25, 0.3) is 0 Å². The maximum Gasteiger partial charge on any atom is 0.207 e. The number of rotatable bonds is 4. The minimum Gasteiger partial charge on any atom is -0.354 e. The molecule has 132 valence electrons. The van der Waals surface area contributed by atoms with E-state index in [0.717, 1.165) is 59.3 Å². The Hall–Kier alpha value is -2.52. The second-order valence-corrected chi connectivity index (χ2v) is 7.32. The van der Waals surface area contributed by atoms with Gasteiger partial charge < -0.3 is 10.2 Å². The van der Waals surface area contributed by atoms with Crippen LogP contribution in [0.4, 0.5) is 5.82 Å². The zero-order valence-corrected chi connectivity index (χ0v) is 15.8. The summed E-state index contributed by atoms with van der Waals surface area (Å²) in [7, 11) is 2.76. The minimum absolute atomic E-state index is 0.167. The predicted molar refractivity (Wildman–Crippen MR) is 109 cm³/mol.